The molecule has 0 saturated carbocycles. The van der Waals surface area contributed by atoms with Crippen molar-refractivity contribution < 1.29 is 19.1 Å². The van der Waals surface area contributed by atoms with Crippen molar-refractivity contribution in [2.45, 2.75) is 13.8 Å². The number of carboxylic acid groups (broad SMARTS) is 1. The zero-order valence-corrected chi connectivity index (χ0v) is 11.5. The average molecular weight is 291 g/mol. The fraction of sp³-hybridized carbons (Fsp3) is 0.143. The summed E-state index contributed by atoms with van der Waals surface area (Å²) in [7, 11) is 0. The van der Waals surface area contributed by atoms with E-state index in [0.717, 1.165) is 0 Å². The second-order valence-corrected chi connectivity index (χ2v) is 4.54. The van der Waals surface area contributed by atoms with Crippen molar-refractivity contribution in [2.75, 3.05) is 10.6 Å². The van der Waals surface area contributed by atoms with Gasteiger partial charge in [0, 0.05) is 16.9 Å². The number of aromatic amines is 1. The summed E-state index contributed by atoms with van der Waals surface area (Å²) >= 11 is 0. The lowest BCUT2D eigenvalue weighted by Gasteiger charge is -2.10. The molecule has 4 N–H and O–H groups in total. The highest BCUT2D eigenvalue weighted by molar-refractivity contribution is 6.04. The van der Waals surface area contributed by atoms with Gasteiger partial charge in [-0.1, -0.05) is 6.07 Å². The Morgan fingerprint density at radius 2 is 1.86 bits per heavy atom. The average Bonchev–Trinajstić information content (AvgIpc) is 2.76. The number of hydrogen-bond donors (Lipinski definition) is 4. The Morgan fingerprint density at radius 1 is 1.19 bits per heavy atom. The Morgan fingerprint density at radius 3 is 2.52 bits per heavy atom. The van der Waals surface area contributed by atoms with Crippen molar-refractivity contribution in [1.29, 1.82) is 0 Å². The molecule has 0 aliphatic carbocycles. The van der Waals surface area contributed by atoms with E-state index in [0.29, 0.717) is 16.9 Å². The summed E-state index contributed by atoms with van der Waals surface area (Å²) in [5.74, 6) is -1.61. The van der Waals surface area contributed by atoms with Gasteiger partial charge in [-0.15, -0.1) is 0 Å². The molecule has 0 spiro atoms. The lowest BCUT2D eigenvalue weighted by molar-refractivity contribution is 0.0692. The number of aromatic carboxylic acids is 1. The van der Waals surface area contributed by atoms with Crippen LogP contribution in [-0.2, 0) is 0 Å². The van der Waals surface area contributed by atoms with Gasteiger partial charge < -0.3 is 20.7 Å². The van der Waals surface area contributed by atoms with E-state index in [1.807, 2.05) is 0 Å². The summed E-state index contributed by atoms with van der Waals surface area (Å²) in [4.78, 5) is 25.5. The first kappa shape index (κ1) is 14.6. The van der Waals surface area contributed by atoms with Gasteiger partial charge in [-0.2, -0.15) is 0 Å². The molecular formula is C14H14FN3O3. The number of carbonyl (C=O) groups excluding carboxylic acids is 1. The second kappa shape index (κ2) is 5.66. The molecule has 6 nitrogen and oxygen atoms in total. The predicted molar refractivity (Wildman–Crippen MR) is 76.3 cm³/mol. The number of rotatable bonds is 3. The summed E-state index contributed by atoms with van der Waals surface area (Å²) in [5.41, 5.74) is 1.25. The molecule has 1 aromatic heterocycles. The number of amides is 2. The van der Waals surface area contributed by atoms with Crippen molar-refractivity contribution in [3.8, 4) is 0 Å². The van der Waals surface area contributed by atoms with Gasteiger partial charge >= 0.3 is 12.0 Å². The van der Waals surface area contributed by atoms with Crippen LogP contribution in [0.4, 0.5) is 20.6 Å². The number of aromatic nitrogens is 1. The molecule has 0 aliphatic rings. The summed E-state index contributed by atoms with van der Waals surface area (Å²) < 4.78 is 13.4. The van der Waals surface area contributed by atoms with E-state index in [-0.39, 0.29) is 11.4 Å². The van der Waals surface area contributed by atoms with Crippen molar-refractivity contribution >= 4 is 23.4 Å². The molecule has 1 heterocycles. The zero-order chi connectivity index (χ0) is 15.6. The van der Waals surface area contributed by atoms with E-state index >= 15 is 0 Å². The quantitative estimate of drug-likeness (QED) is 0.699. The molecule has 0 radical (unpaired) electrons. The maximum Gasteiger partial charge on any atom is 0.354 e. The van der Waals surface area contributed by atoms with E-state index in [9.17, 15) is 14.0 Å². The van der Waals surface area contributed by atoms with Crippen molar-refractivity contribution in [3.05, 3.63) is 47.0 Å². The maximum atomic E-state index is 13.4. The minimum absolute atomic E-state index is 0.112. The fourth-order valence-electron chi connectivity index (χ4n) is 1.88. The third-order valence-electron chi connectivity index (χ3n) is 2.93. The first-order valence-electron chi connectivity index (χ1n) is 6.14. The van der Waals surface area contributed by atoms with Gasteiger partial charge in [0.25, 0.3) is 0 Å². The van der Waals surface area contributed by atoms with Crippen molar-refractivity contribution in [1.82, 2.24) is 4.98 Å². The number of nitrogens with one attached hydrogen (secondary N) is 3. The van der Waals surface area contributed by atoms with Gasteiger partial charge in [-0.25, -0.2) is 14.0 Å². The summed E-state index contributed by atoms with van der Waals surface area (Å²) in [6.45, 7) is 3.21. The van der Waals surface area contributed by atoms with Gasteiger partial charge in [0.05, 0.1) is 5.69 Å². The molecule has 0 atom stereocenters. The molecule has 2 rings (SSSR count). The topological polar surface area (TPSA) is 94.2 Å². The Balaban J connectivity index is 2.16. The fourth-order valence-corrected chi connectivity index (χ4v) is 1.88. The van der Waals surface area contributed by atoms with E-state index in [1.54, 1.807) is 13.0 Å². The highest BCUT2D eigenvalue weighted by Gasteiger charge is 2.16. The highest BCUT2D eigenvalue weighted by atomic mass is 19.1. The van der Waals surface area contributed by atoms with Crippen LogP contribution in [0.25, 0.3) is 0 Å². The van der Waals surface area contributed by atoms with E-state index < -0.39 is 17.8 Å². The van der Waals surface area contributed by atoms with Crippen LogP contribution in [0.15, 0.2) is 24.3 Å². The van der Waals surface area contributed by atoms with Crippen LogP contribution in [0.2, 0.25) is 0 Å². The van der Waals surface area contributed by atoms with Gasteiger partial charge in [0.2, 0.25) is 0 Å². The van der Waals surface area contributed by atoms with Crippen molar-refractivity contribution in [3.63, 3.8) is 0 Å². The highest BCUT2D eigenvalue weighted by Crippen LogP contribution is 2.20. The van der Waals surface area contributed by atoms with Crippen molar-refractivity contribution in [2.24, 2.45) is 0 Å². The summed E-state index contributed by atoms with van der Waals surface area (Å²) in [5, 5.41) is 13.9. The van der Waals surface area contributed by atoms with Gasteiger partial charge in [-0.05, 0) is 32.0 Å². The molecule has 0 bridgehead atoms. The maximum absolute atomic E-state index is 13.4. The molecule has 110 valence electrons. The summed E-state index contributed by atoms with van der Waals surface area (Å²) in [6.07, 6.45) is 0. The van der Waals surface area contributed by atoms with E-state index in [1.165, 1.54) is 25.1 Å². The first-order chi connectivity index (χ1) is 9.88. The predicted octanol–water partition coefficient (Wildman–Crippen LogP) is 3.11. The van der Waals surface area contributed by atoms with E-state index in [2.05, 4.69) is 15.6 Å². The Kier molecular flexibility index (Phi) is 3.93. The molecule has 1 aromatic carbocycles. The largest absolute Gasteiger partial charge is 0.477 e. The third-order valence-corrected chi connectivity index (χ3v) is 2.93. The standard InChI is InChI=1S/C14H14FN3O3/c1-7-6-11(12(16-7)13(19)20)18-14(21)17-10-5-3-4-9(15)8(10)2/h3-6,16H,1-2H3,(H,19,20)(H2,17,18,21). The summed E-state index contributed by atoms with van der Waals surface area (Å²) in [6, 6.07) is 5.17. The Labute approximate surface area is 120 Å². The molecule has 0 saturated heterocycles. The number of H-pyrrole nitrogens is 1. The van der Waals surface area contributed by atoms with Crippen LogP contribution in [0.3, 0.4) is 0 Å². The molecular weight excluding hydrogens is 277 g/mol. The third kappa shape index (κ3) is 3.19. The SMILES string of the molecule is Cc1cc(NC(=O)Nc2cccc(F)c2C)c(C(=O)O)[nH]1. The second-order valence-electron chi connectivity index (χ2n) is 4.54. The zero-order valence-electron chi connectivity index (χ0n) is 11.5. The molecule has 21 heavy (non-hydrogen) atoms. The number of benzene rings is 1. The van der Waals surface area contributed by atoms with Crippen LogP contribution >= 0.6 is 0 Å². The molecule has 2 aromatic rings. The van der Waals surface area contributed by atoms with Crippen LogP contribution in [0.5, 0.6) is 0 Å². The van der Waals surface area contributed by atoms with Crippen LogP contribution < -0.4 is 10.6 Å². The normalized spacial score (nSPS) is 10.2. The number of urea groups is 1. The van der Waals surface area contributed by atoms with Gasteiger partial charge in [0.1, 0.15) is 11.5 Å². The Hall–Kier alpha value is -2.83. The monoisotopic (exact) mass is 291 g/mol. The number of aryl methyl sites for hydroxylation is 1. The number of carbonyl (C=O) groups is 2. The Bertz CT molecular complexity index is 709. The number of carboxylic acids is 1. The number of hydrogen-bond acceptors (Lipinski definition) is 2. The number of anilines is 2. The lowest BCUT2D eigenvalue weighted by atomic mass is 10.2. The van der Waals surface area contributed by atoms with Crippen LogP contribution in [0.1, 0.15) is 21.7 Å². The van der Waals surface area contributed by atoms with E-state index in [4.69, 9.17) is 5.11 Å². The minimum Gasteiger partial charge on any atom is -0.477 e. The first-order valence-corrected chi connectivity index (χ1v) is 6.14. The molecule has 0 fully saturated rings. The molecule has 0 unspecified atom stereocenters. The number of halogens is 1. The van der Waals surface area contributed by atoms with Crippen LogP contribution in [-0.4, -0.2) is 22.1 Å². The van der Waals surface area contributed by atoms with Gasteiger partial charge in [-0.3, -0.25) is 0 Å². The minimum atomic E-state index is -1.18. The smallest absolute Gasteiger partial charge is 0.354 e. The van der Waals surface area contributed by atoms with Gasteiger partial charge in [0.15, 0.2) is 0 Å². The molecule has 0 aliphatic heterocycles. The van der Waals surface area contributed by atoms with Crippen LogP contribution in [0, 0.1) is 19.7 Å². The lowest BCUT2D eigenvalue weighted by Crippen LogP contribution is -2.21. The molecule has 7 heteroatoms. The molecule has 2 amide bonds.